The summed E-state index contributed by atoms with van der Waals surface area (Å²) in [5.41, 5.74) is 2.23. The minimum atomic E-state index is -0.426. The molecule has 1 aliphatic carbocycles. The molecule has 0 radical (unpaired) electrons. The lowest BCUT2D eigenvalue weighted by Gasteiger charge is -2.41. The number of thiocarbonyl (C=S) groups is 1. The van der Waals surface area contributed by atoms with Gasteiger partial charge < -0.3 is 19.3 Å². The van der Waals surface area contributed by atoms with E-state index in [9.17, 15) is 0 Å². The quantitative estimate of drug-likeness (QED) is 0.223. The zero-order valence-electron chi connectivity index (χ0n) is 22.1. The van der Waals surface area contributed by atoms with Crippen molar-refractivity contribution >= 4 is 47.1 Å². The molecular weight excluding hydrogens is 508 g/mol. The first kappa shape index (κ1) is 29.1. The minimum Gasteiger partial charge on any atom is -0.497 e. The van der Waals surface area contributed by atoms with Gasteiger partial charge in [-0.25, -0.2) is 0 Å². The van der Waals surface area contributed by atoms with Gasteiger partial charge in [0.15, 0.2) is 0 Å². The second kappa shape index (κ2) is 13.4. The number of hydrogen-bond donors (Lipinski definition) is 0. The second-order valence-electron chi connectivity index (χ2n) is 10.0. The van der Waals surface area contributed by atoms with Crippen molar-refractivity contribution in [1.29, 1.82) is 0 Å². The number of hydrogen-bond acceptors (Lipinski definition) is 5. The third-order valence-corrected chi connectivity index (χ3v) is 9.76. The summed E-state index contributed by atoms with van der Waals surface area (Å²) >= 11 is 7.81. The highest BCUT2D eigenvalue weighted by atomic mass is 35.5. The molecule has 1 fully saturated rings. The van der Waals surface area contributed by atoms with E-state index in [2.05, 4.69) is 61.2 Å². The molecule has 2 aliphatic rings. The van der Waals surface area contributed by atoms with Crippen LogP contribution in [0.25, 0.3) is 0 Å². The van der Waals surface area contributed by atoms with Gasteiger partial charge in [0.1, 0.15) is 16.5 Å². The third kappa shape index (κ3) is 6.50. The highest BCUT2D eigenvalue weighted by Gasteiger charge is 2.42. The molecule has 0 amide bonds. The first-order valence-corrected chi connectivity index (χ1v) is 14.2. The Bertz CT molecular complexity index is 1010. The lowest BCUT2D eigenvalue weighted by atomic mass is 9.94. The zero-order chi connectivity index (χ0) is 24.8. The predicted octanol–water partition coefficient (Wildman–Crippen LogP) is 7.72. The van der Waals surface area contributed by atoms with Gasteiger partial charge in [0.2, 0.25) is 0 Å². The summed E-state index contributed by atoms with van der Waals surface area (Å²) in [5.74, 6) is 1.72. The number of anilines is 1. The smallest absolute Gasteiger partial charge is 0.124 e. The molecule has 0 spiro atoms. The number of thioether (sulfide) groups is 1. The van der Waals surface area contributed by atoms with Crippen molar-refractivity contribution in [3.05, 3.63) is 48.0 Å². The van der Waals surface area contributed by atoms with Gasteiger partial charge in [-0.2, -0.15) is 0 Å². The van der Waals surface area contributed by atoms with E-state index in [4.69, 9.17) is 21.7 Å². The monoisotopic (exact) mass is 548 g/mol. The van der Waals surface area contributed by atoms with Gasteiger partial charge in [-0.15, -0.1) is 24.2 Å². The van der Waals surface area contributed by atoms with E-state index in [0.717, 1.165) is 40.2 Å². The molecule has 1 unspecified atom stereocenters. The third-order valence-electron chi connectivity index (χ3n) is 7.56. The molecular formula is C29H41ClN2O2S2. The van der Waals surface area contributed by atoms with E-state index in [1.807, 2.05) is 12.1 Å². The molecule has 0 N–H and O–H groups in total. The summed E-state index contributed by atoms with van der Waals surface area (Å²) in [6, 6.07) is 15.4. The number of nitrogens with zero attached hydrogens (tertiary/aromatic N) is 2. The minimum absolute atomic E-state index is 0. The number of para-hydroxylation sites is 1. The van der Waals surface area contributed by atoms with Crippen molar-refractivity contribution in [2.45, 2.75) is 74.0 Å². The SMILES string of the molecule is COc1ccc(OCCCCCN(C)C2CCCCC2)c(C2(C)Sc3ccccc3N(C)C2=S)c1.Cl. The summed E-state index contributed by atoms with van der Waals surface area (Å²) in [6.45, 7) is 4.11. The first-order valence-electron chi connectivity index (χ1n) is 13.0. The standard InChI is InChI=1S/C29H40N2O2S2.ClH/c1-29(28(34)31(3)25-15-9-10-16-27(25)35-29)24-21-23(32-4)17-18-26(24)33-20-12-6-11-19-30(2)22-13-7-5-8-14-22;/h9-10,15-18,21-22H,5-8,11-14,19-20H2,1-4H3;1H. The van der Waals surface area contributed by atoms with Crippen LogP contribution >= 0.6 is 36.4 Å². The molecule has 198 valence electrons. The van der Waals surface area contributed by atoms with E-state index in [1.165, 1.54) is 56.4 Å². The Labute approximate surface area is 233 Å². The number of benzene rings is 2. The Hall–Kier alpha value is -1.47. The fourth-order valence-corrected chi connectivity index (χ4v) is 7.07. The molecule has 0 bridgehead atoms. The molecule has 0 saturated heterocycles. The van der Waals surface area contributed by atoms with Crippen LogP contribution in [-0.4, -0.2) is 50.3 Å². The molecule has 1 saturated carbocycles. The van der Waals surface area contributed by atoms with Crippen LogP contribution in [0.1, 0.15) is 63.9 Å². The van der Waals surface area contributed by atoms with Gasteiger partial charge in [-0.1, -0.05) is 43.6 Å². The van der Waals surface area contributed by atoms with Gasteiger partial charge in [-0.3, -0.25) is 0 Å². The maximum Gasteiger partial charge on any atom is 0.124 e. The summed E-state index contributed by atoms with van der Waals surface area (Å²) in [6.07, 6.45) is 10.4. The second-order valence-corrected chi connectivity index (χ2v) is 11.9. The molecule has 2 aromatic rings. The maximum absolute atomic E-state index is 6.39. The van der Waals surface area contributed by atoms with Gasteiger partial charge in [0.05, 0.1) is 24.2 Å². The molecule has 0 aromatic heterocycles. The Kier molecular flexibility index (Phi) is 10.8. The van der Waals surface area contributed by atoms with Crippen molar-refractivity contribution in [2.24, 2.45) is 0 Å². The predicted molar refractivity (Wildman–Crippen MR) is 160 cm³/mol. The molecule has 4 rings (SSSR count). The molecule has 2 aromatic carbocycles. The maximum atomic E-state index is 6.39. The fraction of sp³-hybridized carbons (Fsp3) is 0.552. The van der Waals surface area contributed by atoms with Gasteiger partial charge in [0.25, 0.3) is 0 Å². The van der Waals surface area contributed by atoms with E-state index >= 15 is 0 Å². The number of unbranched alkanes of at least 4 members (excludes halogenated alkanes) is 2. The van der Waals surface area contributed by atoms with Crippen LogP contribution in [0, 0.1) is 0 Å². The normalized spacial score (nSPS) is 20.1. The number of halogens is 1. The summed E-state index contributed by atoms with van der Waals surface area (Å²) in [7, 11) is 6.07. The highest BCUT2D eigenvalue weighted by Crippen LogP contribution is 2.53. The van der Waals surface area contributed by atoms with Crippen LogP contribution in [0.15, 0.2) is 47.4 Å². The largest absolute Gasteiger partial charge is 0.497 e. The first-order chi connectivity index (χ1) is 16.9. The topological polar surface area (TPSA) is 24.9 Å². The van der Waals surface area contributed by atoms with Crippen molar-refractivity contribution < 1.29 is 9.47 Å². The Morgan fingerprint density at radius 3 is 2.58 bits per heavy atom. The van der Waals surface area contributed by atoms with Gasteiger partial charge in [0, 0.05) is 23.5 Å². The van der Waals surface area contributed by atoms with E-state index < -0.39 is 4.75 Å². The van der Waals surface area contributed by atoms with Crippen LogP contribution in [0.2, 0.25) is 0 Å². The Morgan fingerprint density at radius 1 is 1.08 bits per heavy atom. The summed E-state index contributed by atoms with van der Waals surface area (Å²) < 4.78 is 11.5. The molecule has 7 heteroatoms. The molecule has 1 atom stereocenters. The van der Waals surface area contributed by atoms with Crippen LogP contribution in [0.5, 0.6) is 11.5 Å². The summed E-state index contributed by atoms with van der Waals surface area (Å²) in [4.78, 5) is 6.82. The molecule has 36 heavy (non-hydrogen) atoms. The number of ether oxygens (including phenoxy) is 2. The van der Waals surface area contributed by atoms with Crippen LogP contribution in [0.3, 0.4) is 0 Å². The number of fused-ring (bicyclic) bond motifs is 1. The van der Waals surface area contributed by atoms with Crippen molar-refractivity contribution in [3.63, 3.8) is 0 Å². The number of likely N-dealkylation sites (N-methyl/N-ethyl adjacent to an activating group) is 1. The Morgan fingerprint density at radius 2 is 1.83 bits per heavy atom. The van der Waals surface area contributed by atoms with Crippen molar-refractivity contribution in [2.75, 3.05) is 39.3 Å². The average Bonchev–Trinajstić information content (AvgIpc) is 2.89. The van der Waals surface area contributed by atoms with Gasteiger partial charge in [-0.05, 0) is 83.0 Å². The highest BCUT2D eigenvalue weighted by molar-refractivity contribution is 8.02. The number of rotatable bonds is 10. The zero-order valence-corrected chi connectivity index (χ0v) is 24.6. The lowest BCUT2D eigenvalue weighted by molar-refractivity contribution is 0.187. The molecule has 4 nitrogen and oxygen atoms in total. The number of methoxy groups -OCH3 is 1. The van der Waals surface area contributed by atoms with Crippen LogP contribution in [0.4, 0.5) is 5.69 Å². The lowest BCUT2D eigenvalue weighted by Crippen LogP contribution is -2.43. The molecule has 1 heterocycles. The Balaban J connectivity index is 0.00000361. The van der Waals surface area contributed by atoms with Crippen molar-refractivity contribution in [3.8, 4) is 11.5 Å². The fourth-order valence-electron chi connectivity index (χ4n) is 5.35. The van der Waals surface area contributed by atoms with Gasteiger partial charge >= 0.3 is 0 Å². The van der Waals surface area contributed by atoms with Crippen LogP contribution < -0.4 is 14.4 Å². The van der Waals surface area contributed by atoms with E-state index in [1.54, 1.807) is 18.9 Å². The van der Waals surface area contributed by atoms with E-state index in [-0.39, 0.29) is 12.4 Å². The summed E-state index contributed by atoms with van der Waals surface area (Å²) in [5, 5.41) is 0. The van der Waals surface area contributed by atoms with Crippen LogP contribution in [-0.2, 0) is 4.75 Å². The average molecular weight is 549 g/mol. The van der Waals surface area contributed by atoms with Crippen molar-refractivity contribution in [1.82, 2.24) is 4.90 Å². The molecule has 1 aliphatic heterocycles. The van der Waals surface area contributed by atoms with E-state index in [0.29, 0.717) is 6.61 Å².